The molecule has 2 atom stereocenters. The molecule has 4 nitrogen and oxygen atoms in total. The number of nitrogens with one attached hydrogen (secondary N) is 1. The largest absolute Gasteiger partial charge is 0.508 e. The van der Waals surface area contributed by atoms with E-state index in [-0.39, 0.29) is 11.2 Å². The van der Waals surface area contributed by atoms with Gasteiger partial charge in [-0.1, -0.05) is 12.5 Å². The first kappa shape index (κ1) is 18.9. The van der Waals surface area contributed by atoms with Crippen LogP contribution in [0, 0.1) is 12.8 Å². The van der Waals surface area contributed by atoms with Gasteiger partial charge in [0.25, 0.3) is 0 Å². The van der Waals surface area contributed by atoms with Gasteiger partial charge in [0.1, 0.15) is 5.75 Å². The first-order valence-electron chi connectivity index (χ1n) is 10.8. The summed E-state index contributed by atoms with van der Waals surface area (Å²) < 4.78 is 1.96. The average molecular weight is 409 g/mol. The molecule has 3 heterocycles. The molecule has 0 bridgehead atoms. The van der Waals surface area contributed by atoms with Crippen LogP contribution in [-0.2, 0) is 0 Å². The Morgan fingerprint density at radius 1 is 1.14 bits per heavy atom. The van der Waals surface area contributed by atoms with Gasteiger partial charge in [-0.2, -0.15) is 0 Å². The molecule has 5 heteroatoms. The molecule has 2 N–H and O–H groups in total. The first-order valence-corrected chi connectivity index (χ1v) is 11.6. The van der Waals surface area contributed by atoms with Gasteiger partial charge >= 0.3 is 0 Å². The predicted octanol–water partition coefficient (Wildman–Crippen LogP) is 5.11. The van der Waals surface area contributed by atoms with Crippen LogP contribution in [0.5, 0.6) is 5.75 Å². The molecular weight excluding hydrogens is 380 g/mol. The van der Waals surface area contributed by atoms with Crippen LogP contribution in [-0.4, -0.2) is 35.7 Å². The van der Waals surface area contributed by atoms with E-state index in [4.69, 9.17) is 0 Å². The van der Waals surface area contributed by atoms with Gasteiger partial charge in [-0.3, -0.25) is 4.79 Å². The summed E-state index contributed by atoms with van der Waals surface area (Å²) in [5.41, 5.74) is 2.07. The zero-order chi connectivity index (χ0) is 20.0. The Morgan fingerprint density at radius 2 is 2.00 bits per heavy atom. The number of phenolic OH excluding ortho intramolecular Hbond substituents is 1. The standard InChI is InChI=1S/C24H28N2O2S/c1-15-7-9-19(25-14-16-5-4-12-26-11-3-2-6-20(16)26)22-23(28)18-13-17(27)8-10-21(18)29-24(15)22/h7-10,13,16,20,25,27H,2-6,11-12,14H2,1H3. The molecule has 0 saturated carbocycles. The zero-order valence-corrected chi connectivity index (χ0v) is 17.7. The highest BCUT2D eigenvalue weighted by atomic mass is 32.1. The summed E-state index contributed by atoms with van der Waals surface area (Å²) >= 11 is 1.64. The minimum Gasteiger partial charge on any atom is -0.508 e. The van der Waals surface area contributed by atoms with Crippen molar-refractivity contribution in [3.8, 4) is 5.75 Å². The highest BCUT2D eigenvalue weighted by Gasteiger charge is 2.32. The Kier molecular flexibility index (Phi) is 4.96. The third-order valence-corrected chi connectivity index (χ3v) is 8.09. The fraction of sp³-hybridized carbons (Fsp3) is 0.458. The molecule has 2 saturated heterocycles. The molecule has 0 aliphatic carbocycles. The lowest BCUT2D eigenvalue weighted by Gasteiger charge is -2.44. The molecule has 2 unspecified atom stereocenters. The van der Waals surface area contributed by atoms with Crippen molar-refractivity contribution < 1.29 is 5.11 Å². The minimum absolute atomic E-state index is 0.0128. The molecule has 29 heavy (non-hydrogen) atoms. The maximum absolute atomic E-state index is 13.3. The normalized spacial score (nSPS) is 22.7. The number of benzene rings is 2. The van der Waals surface area contributed by atoms with Crippen molar-refractivity contribution in [2.45, 2.75) is 45.1 Å². The van der Waals surface area contributed by atoms with Crippen molar-refractivity contribution in [3.05, 3.63) is 46.1 Å². The molecule has 0 radical (unpaired) electrons. The molecule has 152 valence electrons. The Labute approximate surface area is 175 Å². The van der Waals surface area contributed by atoms with Crippen LogP contribution in [0.25, 0.3) is 20.2 Å². The molecule has 0 amide bonds. The fourth-order valence-electron chi connectivity index (χ4n) is 5.28. The van der Waals surface area contributed by atoms with Crippen LogP contribution in [0.15, 0.2) is 35.1 Å². The second-order valence-electron chi connectivity index (χ2n) is 8.63. The number of nitrogens with zero attached hydrogens (tertiary/aromatic N) is 1. The number of hydrogen-bond donors (Lipinski definition) is 2. The topological polar surface area (TPSA) is 52.6 Å². The predicted molar refractivity (Wildman–Crippen MR) is 122 cm³/mol. The SMILES string of the molecule is Cc1ccc(NCC2CCCN3CCCCC23)c2c(=O)c3cc(O)ccc3sc12. The molecule has 2 aliphatic heterocycles. The number of rotatable bonds is 3. The van der Waals surface area contributed by atoms with Crippen molar-refractivity contribution in [1.29, 1.82) is 0 Å². The van der Waals surface area contributed by atoms with E-state index in [1.807, 2.05) is 6.07 Å². The third-order valence-electron chi connectivity index (χ3n) is 6.78. The molecule has 3 aromatic rings. The van der Waals surface area contributed by atoms with Gasteiger partial charge in [0, 0.05) is 33.1 Å². The van der Waals surface area contributed by atoms with E-state index in [1.54, 1.807) is 23.5 Å². The van der Waals surface area contributed by atoms with E-state index in [2.05, 4.69) is 29.3 Å². The van der Waals surface area contributed by atoms with Crippen LogP contribution in [0.4, 0.5) is 5.69 Å². The van der Waals surface area contributed by atoms with Crippen LogP contribution in [0.3, 0.4) is 0 Å². The van der Waals surface area contributed by atoms with E-state index >= 15 is 0 Å². The van der Waals surface area contributed by atoms with Crippen molar-refractivity contribution in [1.82, 2.24) is 4.90 Å². The fourth-order valence-corrected chi connectivity index (χ4v) is 6.43. The van der Waals surface area contributed by atoms with E-state index in [1.165, 1.54) is 45.2 Å². The lowest BCUT2D eigenvalue weighted by Crippen LogP contribution is -2.49. The summed E-state index contributed by atoms with van der Waals surface area (Å²) in [7, 11) is 0. The van der Waals surface area contributed by atoms with Crippen LogP contribution in [0.2, 0.25) is 0 Å². The number of fused-ring (bicyclic) bond motifs is 3. The number of aryl methyl sites for hydroxylation is 1. The van der Waals surface area contributed by atoms with E-state index in [0.29, 0.717) is 17.3 Å². The van der Waals surface area contributed by atoms with Gasteiger partial charge in [-0.25, -0.2) is 0 Å². The van der Waals surface area contributed by atoms with E-state index < -0.39 is 0 Å². The number of piperidine rings is 2. The van der Waals surface area contributed by atoms with Crippen LogP contribution >= 0.6 is 11.3 Å². The lowest BCUT2D eigenvalue weighted by atomic mass is 9.83. The van der Waals surface area contributed by atoms with Crippen molar-refractivity contribution in [2.75, 3.05) is 25.0 Å². The van der Waals surface area contributed by atoms with Gasteiger partial charge in [-0.05, 0) is 81.4 Å². The zero-order valence-electron chi connectivity index (χ0n) is 16.9. The quantitative estimate of drug-likeness (QED) is 0.592. The smallest absolute Gasteiger partial charge is 0.198 e. The third kappa shape index (κ3) is 3.40. The number of phenols is 1. The molecule has 1 aromatic heterocycles. The second-order valence-corrected chi connectivity index (χ2v) is 9.68. The van der Waals surface area contributed by atoms with Crippen molar-refractivity contribution in [2.24, 2.45) is 5.92 Å². The molecule has 2 aromatic carbocycles. The Balaban J connectivity index is 1.51. The summed E-state index contributed by atoms with van der Waals surface area (Å²) in [5, 5.41) is 14.9. The van der Waals surface area contributed by atoms with E-state index in [0.717, 1.165) is 32.6 Å². The highest BCUT2D eigenvalue weighted by Crippen LogP contribution is 2.34. The molecule has 0 spiro atoms. The van der Waals surface area contributed by atoms with Gasteiger partial charge in [0.2, 0.25) is 0 Å². The van der Waals surface area contributed by atoms with Crippen LogP contribution < -0.4 is 10.7 Å². The Hall–Kier alpha value is -2.11. The van der Waals surface area contributed by atoms with Gasteiger partial charge in [0.15, 0.2) is 5.43 Å². The number of anilines is 1. The molecule has 5 rings (SSSR count). The van der Waals surface area contributed by atoms with E-state index in [9.17, 15) is 9.90 Å². The highest BCUT2D eigenvalue weighted by molar-refractivity contribution is 7.24. The summed E-state index contributed by atoms with van der Waals surface area (Å²) in [6, 6.07) is 9.95. The minimum atomic E-state index is 0.0128. The van der Waals surface area contributed by atoms with Gasteiger partial charge in [0.05, 0.1) is 5.39 Å². The first-order chi connectivity index (χ1) is 14.1. The molecular formula is C24H28N2O2S. The maximum atomic E-state index is 13.3. The number of hydrogen-bond acceptors (Lipinski definition) is 5. The monoisotopic (exact) mass is 408 g/mol. The Morgan fingerprint density at radius 3 is 2.90 bits per heavy atom. The summed E-state index contributed by atoms with van der Waals surface area (Å²) in [4.78, 5) is 16.0. The van der Waals surface area contributed by atoms with Crippen LogP contribution in [0.1, 0.15) is 37.7 Å². The summed E-state index contributed by atoms with van der Waals surface area (Å²) in [6.07, 6.45) is 6.52. The van der Waals surface area contributed by atoms with Gasteiger partial charge < -0.3 is 15.3 Å². The maximum Gasteiger partial charge on any atom is 0.198 e. The number of aromatic hydroxyl groups is 1. The molecule has 2 fully saturated rings. The average Bonchev–Trinajstić information content (AvgIpc) is 2.74. The molecule has 2 aliphatic rings. The van der Waals surface area contributed by atoms with Gasteiger partial charge in [-0.15, -0.1) is 11.3 Å². The van der Waals surface area contributed by atoms with Crippen molar-refractivity contribution in [3.63, 3.8) is 0 Å². The van der Waals surface area contributed by atoms with Crippen molar-refractivity contribution >= 4 is 37.2 Å². The second kappa shape index (κ2) is 7.62. The summed E-state index contributed by atoms with van der Waals surface area (Å²) in [5.74, 6) is 0.784. The Bertz CT molecular complexity index is 1120. The lowest BCUT2D eigenvalue weighted by molar-refractivity contribution is 0.0649. The summed E-state index contributed by atoms with van der Waals surface area (Å²) in [6.45, 7) is 5.48.